The summed E-state index contributed by atoms with van der Waals surface area (Å²) in [5.41, 5.74) is 6.16. The minimum atomic E-state index is -0.495. The predicted molar refractivity (Wildman–Crippen MR) is 64.6 cm³/mol. The van der Waals surface area contributed by atoms with E-state index in [0.29, 0.717) is 12.2 Å². The van der Waals surface area contributed by atoms with Crippen molar-refractivity contribution >= 4 is 11.5 Å². The van der Waals surface area contributed by atoms with Crippen LogP contribution in [0.5, 0.6) is 0 Å². The summed E-state index contributed by atoms with van der Waals surface area (Å²) in [5, 5.41) is 18.6. The van der Waals surface area contributed by atoms with Crippen LogP contribution in [0.2, 0.25) is 0 Å². The summed E-state index contributed by atoms with van der Waals surface area (Å²) in [7, 11) is 0. The molecule has 0 unspecified atom stereocenters. The fourth-order valence-electron chi connectivity index (χ4n) is 1.62. The van der Waals surface area contributed by atoms with Gasteiger partial charge in [0.25, 0.3) is 5.69 Å². The molecule has 0 aliphatic rings. The smallest absolute Gasteiger partial charge is 0.297 e. The number of aryl methyl sites for hydroxylation is 1. The Labute approximate surface area is 103 Å². The Balaban J connectivity index is 2.58. The van der Waals surface area contributed by atoms with Crippen molar-refractivity contribution in [3.63, 3.8) is 0 Å². The number of nitro groups is 1. The predicted octanol–water partition coefficient (Wildman–Crippen LogP) is 1.24. The zero-order chi connectivity index (χ0) is 13.1. The summed E-state index contributed by atoms with van der Waals surface area (Å²) in [6, 6.07) is 2.73. The van der Waals surface area contributed by atoms with Crippen LogP contribution in [0, 0.1) is 10.1 Å². The Hall–Kier alpha value is -2.51. The van der Waals surface area contributed by atoms with Crippen LogP contribution in [-0.4, -0.2) is 24.9 Å². The molecular weight excluding hydrogens is 236 g/mol. The van der Waals surface area contributed by atoms with Gasteiger partial charge in [-0.25, -0.2) is 9.67 Å². The van der Waals surface area contributed by atoms with Crippen LogP contribution in [0.3, 0.4) is 0 Å². The van der Waals surface area contributed by atoms with Crippen LogP contribution < -0.4 is 5.73 Å². The SMILES string of the molecule is CCCn1nncc1-c1nc(N)ccc1[N+](=O)[O-]. The van der Waals surface area contributed by atoms with Crippen LogP contribution in [0.15, 0.2) is 18.3 Å². The first-order chi connectivity index (χ1) is 8.63. The lowest BCUT2D eigenvalue weighted by molar-refractivity contribution is -0.384. The molecule has 0 radical (unpaired) electrons. The third kappa shape index (κ3) is 2.12. The molecule has 2 N–H and O–H groups in total. The second-order valence-electron chi connectivity index (χ2n) is 3.70. The van der Waals surface area contributed by atoms with Crippen molar-refractivity contribution in [1.82, 2.24) is 20.0 Å². The lowest BCUT2D eigenvalue weighted by atomic mass is 10.2. The number of hydrogen-bond acceptors (Lipinski definition) is 6. The Morgan fingerprint density at radius 3 is 2.94 bits per heavy atom. The first kappa shape index (κ1) is 12.0. The van der Waals surface area contributed by atoms with Crippen LogP contribution in [-0.2, 0) is 6.54 Å². The third-order valence-electron chi connectivity index (χ3n) is 2.39. The molecule has 0 saturated carbocycles. The summed E-state index contributed by atoms with van der Waals surface area (Å²) in [5.74, 6) is 0.222. The third-order valence-corrected chi connectivity index (χ3v) is 2.39. The standard InChI is InChI=1S/C10H12N6O2/c1-2-5-15-8(6-12-14-15)10-7(16(17)18)3-4-9(11)13-10/h3-4,6H,2,5H2,1H3,(H2,11,13). The quantitative estimate of drug-likeness (QED) is 0.643. The van der Waals surface area contributed by atoms with E-state index in [1.54, 1.807) is 4.68 Å². The maximum absolute atomic E-state index is 11.0. The number of anilines is 1. The van der Waals surface area contributed by atoms with Crippen molar-refractivity contribution in [3.05, 3.63) is 28.4 Å². The summed E-state index contributed by atoms with van der Waals surface area (Å²) < 4.78 is 1.58. The second-order valence-corrected chi connectivity index (χ2v) is 3.70. The van der Waals surface area contributed by atoms with Crippen molar-refractivity contribution in [2.24, 2.45) is 0 Å². The molecule has 2 aromatic heterocycles. The van der Waals surface area contributed by atoms with E-state index in [1.807, 2.05) is 6.92 Å². The van der Waals surface area contributed by atoms with Gasteiger partial charge in [-0.15, -0.1) is 5.10 Å². The van der Waals surface area contributed by atoms with E-state index in [1.165, 1.54) is 18.3 Å². The molecule has 8 nitrogen and oxygen atoms in total. The molecule has 94 valence electrons. The largest absolute Gasteiger partial charge is 0.384 e. The molecule has 0 aliphatic carbocycles. The van der Waals surface area contributed by atoms with Gasteiger partial charge in [-0.2, -0.15) is 0 Å². The molecule has 0 saturated heterocycles. The highest BCUT2D eigenvalue weighted by atomic mass is 16.6. The van der Waals surface area contributed by atoms with Crippen molar-refractivity contribution in [3.8, 4) is 11.4 Å². The van der Waals surface area contributed by atoms with E-state index >= 15 is 0 Å². The van der Waals surface area contributed by atoms with Gasteiger partial charge < -0.3 is 5.73 Å². The summed E-state index contributed by atoms with van der Waals surface area (Å²) in [6.45, 7) is 2.59. The molecule has 2 aromatic rings. The van der Waals surface area contributed by atoms with Crippen molar-refractivity contribution < 1.29 is 4.92 Å². The minimum absolute atomic E-state index is 0.108. The van der Waals surface area contributed by atoms with Gasteiger partial charge in [0, 0.05) is 12.6 Å². The fraction of sp³-hybridized carbons (Fsp3) is 0.300. The maximum atomic E-state index is 11.0. The number of aromatic nitrogens is 4. The number of nitrogens with zero attached hydrogens (tertiary/aromatic N) is 5. The number of hydrogen-bond donors (Lipinski definition) is 1. The molecule has 18 heavy (non-hydrogen) atoms. The summed E-state index contributed by atoms with van der Waals surface area (Å²) in [6.07, 6.45) is 2.29. The first-order valence-electron chi connectivity index (χ1n) is 5.43. The summed E-state index contributed by atoms with van der Waals surface area (Å²) in [4.78, 5) is 14.5. The molecular formula is C10H12N6O2. The van der Waals surface area contributed by atoms with Gasteiger partial charge in [-0.3, -0.25) is 10.1 Å². The molecule has 0 aliphatic heterocycles. The average molecular weight is 248 g/mol. The summed E-state index contributed by atoms with van der Waals surface area (Å²) >= 11 is 0. The Morgan fingerprint density at radius 1 is 1.50 bits per heavy atom. The molecule has 0 aromatic carbocycles. The lowest BCUT2D eigenvalue weighted by Crippen LogP contribution is -2.05. The number of pyridine rings is 1. The highest BCUT2D eigenvalue weighted by Gasteiger charge is 2.20. The van der Waals surface area contributed by atoms with Crippen molar-refractivity contribution in [2.45, 2.75) is 19.9 Å². The Morgan fingerprint density at radius 2 is 2.28 bits per heavy atom. The zero-order valence-corrected chi connectivity index (χ0v) is 9.78. The van der Waals surface area contributed by atoms with E-state index in [4.69, 9.17) is 5.73 Å². The van der Waals surface area contributed by atoms with E-state index in [-0.39, 0.29) is 17.2 Å². The second kappa shape index (κ2) is 4.78. The van der Waals surface area contributed by atoms with Crippen LogP contribution in [0.4, 0.5) is 11.5 Å². The molecule has 0 spiro atoms. The van der Waals surface area contributed by atoms with E-state index in [2.05, 4.69) is 15.3 Å². The molecule has 0 amide bonds. The monoisotopic (exact) mass is 248 g/mol. The highest BCUT2D eigenvalue weighted by molar-refractivity contribution is 5.67. The zero-order valence-electron chi connectivity index (χ0n) is 9.78. The van der Waals surface area contributed by atoms with Gasteiger partial charge in [0.05, 0.1) is 11.1 Å². The van der Waals surface area contributed by atoms with Gasteiger partial charge in [-0.1, -0.05) is 12.1 Å². The minimum Gasteiger partial charge on any atom is -0.384 e. The van der Waals surface area contributed by atoms with Gasteiger partial charge in [0.1, 0.15) is 11.5 Å². The molecule has 8 heteroatoms. The van der Waals surface area contributed by atoms with Crippen molar-refractivity contribution in [2.75, 3.05) is 5.73 Å². The fourth-order valence-corrected chi connectivity index (χ4v) is 1.62. The Kier molecular flexibility index (Phi) is 3.18. The van der Waals surface area contributed by atoms with E-state index in [0.717, 1.165) is 6.42 Å². The van der Waals surface area contributed by atoms with Crippen LogP contribution >= 0.6 is 0 Å². The van der Waals surface area contributed by atoms with Crippen molar-refractivity contribution in [1.29, 1.82) is 0 Å². The van der Waals surface area contributed by atoms with Crippen LogP contribution in [0.1, 0.15) is 13.3 Å². The maximum Gasteiger partial charge on any atom is 0.297 e. The normalized spacial score (nSPS) is 10.5. The van der Waals surface area contributed by atoms with E-state index < -0.39 is 4.92 Å². The lowest BCUT2D eigenvalue weighted by Gasteiger charge is -2.05. The van der Waals surface area contributed by atoms with Gasteiger partial charge >= 0.3 is 0 Å². The first-order valence-corrected chi connectivity index (χ1v) is 5.43. The van der Waals surface area contributed by atoms with E-state index in [9.17, 15) is 10.1 Å². The number of rotatable bonds is 4. The number of nitrogens with two attached hydrogens (primary N) is 1. The van der Waals surface area contributed by atoms with Gasteiger partial charge in [0.2, 0.25) is 0 Å². The highest BCUT2D eigenvalue weighted by Crippen LogP contribution is 2.28. The van der Waals surface area contributed by atoms with Crippen LogP contribution in [0.25, 0.3) is 11.4 Å². The average Bonchev–Trinajstić information content (AvgIpc) is 2.77. The molecule has 2 heterocycles. The molecule has 2 rings (SSSR count). The molecule has 0 fully saturated rings. The van der Waals surface area contributed by atoms with Gasteiger partial charge in [0.15, 0.2) is 5.69 Å². The number of nitrogen functional groups attached to an aromatic ring is 1. The Bertz CT molecular complexity index is 579. The topological polar surface area (TPSA) is 113 Å². The molecule has 0 bridgehead atoms. The van der Waals surface area contributed by atoms with Gasteiger partial charge in [-0.05, 0) is 12.5 Å². The molecule has 0 atom stereocenters.